The summed E-state index contributed by atoms with van der Waals surface area (Å²) in [5.74, 6) is 1.31. The van der Waals surface area contributed by atoms with E-state index in [0.717, 1.165) is 25.1 Å². The number of hydrogen-bond donors (Lipinski definition) is 0. The Morgan fingerprint density at radius 1 is 1.43 bits per heavy atom. The van der Waals surface area contributed by atoms with Crippen LogP contribution in [0.3, 0.4) is 0 Å². The Bertz CT molecular complexity index is 473. The Balaban J connectivity index is 1.93. The topological polar surface area (TPSA) is 64.5 Å². The minimum Gasteiger partial charge on any atom is -0.472 e. The number of carbonyl (C=O) groups is 1. The third kappa shape index (κ3) is 4.67. The molecule has 1 aliphatic heterocycles. The first-order valence-corrected chi connectivity index (χ1v) is 7.43. The van der Waals surface area contributed by atoms with Crippen LogP contribution in [-0.2, 0) is 9.53 Å². The third-order valence-electron chi connectivity index (χ3n) is 3.39. The molecule has 2 rings (SSSR count). The van der Waals surface area contributed by atoms with Gasteiger partial charge in [0.2, 0.25) is 11.8 Å². The lowest BCUT2D eigenvalue weighted by Gasteiger charge is -2.32. The number of aromatic nitrogens is 2. The van der Waals surface area contributed by atoms with Crippen molar-refractivity contribution in [3.8, 4) is 5.88 Å². The Hall–Kier alpha value is -1.69. The van der Waals surface area contributed by atoms with E-state index >= 15 is 0 Å². The highest BCUT2D eigenvalue weighted by molar-refractivity contribution is 5.77. The molecule has 6 heteroatoms. The Morgan fingerprint density at radius 3 is 2.95 bits per heavy atom. The molecule has 1 aromatic rings. The molecule has 0 radical (unpaired) electrons. The lowest BCUT2D eigenvalue weighted by atomic mass is 10.1. The molecule has 0 aliphatic carbocycles. The van der Waals surface area contributed by atoms with Crippen LogP contribution in [0.5, 0.6) is 5.88 Å². The maximum Gasteiger partial charge on any atom is 0.248 e. The first kappa shape index (κ1) is 15.7. The Labute approximate surface area is 125 Å². The first-order valence-electron chi connectivity index (χ1n) is 7.43. The molecule has 1 aliphatic rings. The van der Waals surface area contributed by atoms with Crippen molar-refractivity contribution in [2.45, 2.75) is 39.7 Å². The maximum atomic E-state index is 12.0. The molecule has 0 N–H and O–H groups in total. The molecule has 1 atom stereocenters. The molecule has 1 saturated heterocycles. The van der Waals surface area contributed by atoms with Gasteiger partial charge >= 0.3 is 0 Å². The van der Waals surface area contributed by atoms with Gasteiger partial charge in [0.15, 0.2) is 0 Å². The van der Waals surface area contributed by atoms with E-state index in [-0.39, 0.29) is 18.6 Å². The van der Waals surface area contributed by atoms with Crippen LogP contribution in [0.25, 0.3) is 0 Å². The van der Waals surface area contributed by atoms with Gasteiger partial charge in [-0.25, -0.2) is 4.98 Å². The summed E-state index contributed by atoms with van der Waals surface area (Å²) in [6.45, 7) is 7.71. The lowest BCUT2D eigenvalue weighted by molar-refractivity contribution is -0.138. The van der Waals surface area contributed by atoms with Crippen LogP contribution in [0.15, 0.2) is 6.07 Å². The van der Waals surface area contributed by atoms with Crippen molar-refractivity contribution in [3.63, 3.8) is 0 Å². The van der Waals surface area contributed by atoms with E-state index in [1.807, 2.05) is 31.7 Å². The predicted molar refractivity (Wildman–Crippen MR) is 78.2 cm³/mol. The van der Waals surface area contributed by atoms with Crippen molar-refractivity contribution in [1.82, 2.24) is 14.9 Å². The van der Waals surface area contributed by atoms with Crippen molar-refractivity contribution >= 4 is 5.91 Å². The van der Waals surface area contributed by atoms with Crippen LogP contribution < -0.4 is 4.74 Å². The summed E-state index contributed by atoms with van der Waals surface area (Å²) in [5.41, 5.74) is 0.887. The number of piperidine rings is 1. The zero-order valence-electron chi connectivity index (χ0n) is 13.0. The molecule has 1 aromatic heterocycles. The average molecular weight is 293 g/mol. The van der Waals surface area contributed by atoms with Gasteiger partial charge in [0.25, 0.3) is 0 Å². The highest BCUT2D eigenvalue weighted by Gasteiger charge is 2.25. The molecule has 2 heterocycles. The molecule has 21 heavy (non-hydrogen) atoms. The number of amides is 1. The molecular weight excluding hydrogens is 270 g/mol. The third-order valence-corrected chi connectivity index (χ3v) is 3.39. The van der Waals surface area contributed by atoms with Gasteiger partial charge < -0.3 is 14.4 Å². The monoisotopic (exact) mass is 293 g/mol. The zero-order chi connectivity index (χ0) is 15.2. The zero-order valence-corrected chi connectivity index (χ0v) is 13.0. The van der Waals surface area contributed by atoms with E-state index in [0.29, 0.717) is 24.9 Å². The quantitative estimate of drug-likeness (QED) is 0.823. The minimum absolute atomic E-state index is 0.0157. The summed E-state index contributed by atoms with van der Waals surface area (Å²) >= 11 is 0. The number of aryl methyl sites for hydroxylation is 2. The lowest BCUT2D eigenvalue weighted by Crippen LogP contribution is -2.45. The summed E-state index contributed by atoms with van der Waals surface area (Å²) in [6, 6.07) is 1.83. The minimum atomic E-state index is -0.0157. The molecule has 0 aromatic carbocycles. The largest absolute Gasteiger partial charge is 0.472 e. The second-order valence-electron chi connectivity index (χ2n) is 5.25. The van der Waals surface area contributed by atoms with Gasteiger partial charge in [-0.1, -0.05) is 0 Å². The van der Waals surface area contributed by atoms with Crippen molar-refractivity contribution < 1.29 is 14.3 Å². The van der Waals surface area contributed by atoms with Crippen LogP contribution >= 0.6 is 0 Å². The van der Waals surface area contributed by atoms with Crippen molar-refractivity contribution in [3.05, 3.63) is 17.6 Å². The second kappa shape index (κ2) is 7.36. The second-order valence-corrected chi connectivity index (χ2v) is 5.25. The molecule has 116 valence electrons. The van der Waals surface area contributed by atoms with E-state index in [4.69, 9.17) is 9.47 Å². The van der Waals surface area contributed by atoms with E-state index in [1.54, 1.807) is 0 Å². The first-order chi connectivity index (χ1) is 10.1. The van der Waals surface area contributed by atoms with Crippen LogP contribution in [0.2, 0.25) is 0 Å². The van der Waals surface area contributed by atoms with Crippen LogP contribution in [-0.4, -0.2) is 53.2 Å². The number of hydrogen-bond acceptors (Lipinski definition) is 5. The van der Waals surface area contributed by atoms with Crippen LogP contribution in [0.4, 0.5) is 0 Å². The van der Waals surface area contributed by atoms with Gasteiger partial charge in [-0.3, -0.25) is 4.79 Å². The Kier molecular flexibility index (Phi) is 5.50. The molecular formula is C15H23N3O3. The molecule has 1 fully saturated rings. The highest BCUT2D eigenvalue weighted by atomic mass is 16.5. The Morgan fingerprint density at radius 2 is 2.24 bits per heavy atom. The van der Waals surface area contributed by atoms with Gasteiger partial charge in [-0.05, 0) is 33.6 Å². The summed E-state index contributed by atoms with van der Waals surface area (Å²) < 4.78 is 11.1. The molecule has 1 amide bonds. The van der Waals surface area contributed by atoms with E-state index < -0.39 is 0 Å². The summed E-state index contributed by atoms with van der Waals surface area (Å²) in [7, 11) is 0. The van der Waals surface area contributed by atoms with Gasteiger partial charge in [0.05, 0.1) is 6.54 Å². The van der Waals surface area contributed by atoms with E-state index in [9.17, 15) is 4.79 Å². The standard InChI is InChI=1S/C15H23N3O3/c1-4-20-10-15(19)18-7-5-6-13(9-18)21-14-8-11(2)16-12(3)17-14/h8,13H,4-7,9-10H2,1-3H3. The number of ether oxygens (including phenoxy) is 2. The number of nitrogens with zero attached hydrogens (tertiary/aromatic N) is 3. The molecule has 0 saturated carbocycles. The number of likely N-dealkylation sites (tertiary alicyclic amines) is 1. The van der Waals surface area contributed by atoms with Gasteiger partial charge in [0, 0.05) is 24.9 Å². The maximum absolute atomic E-state index is 12.0. The molecule has 6 nitrogen and oxygen atoms in total. The summed E-state index contributed by atoms with van der Waals surface area (Å²) in [5, 5.41) is 0. The smallest absolute Gasteiger partial charge is 0.248 e. The van der Waals surface area contributed by atoms with Crippen LogP contribution in [0, 0.1) is 13.8 Å². The van der Waals surface area contributed by atoms with Gasteiger partial charge in [-0.2, -0.15) is 4.98 Å². The van der Waals surface area contributed by atoms with Crippen molar-refractivity contribution in [1.29, 1.82) is 0 Å². The fourth-order valence-electron chi connectivity index (χ4n) is 2.46. The fraction of sp³-hybridized carbons (Fsp3) is 0.667. The van der Waals surface area contributed by atoms with Crippen molar-refractivity contribution in [2.75, 3.05) is 26.3 Å². The van der Waals surface area contributed by atoms with Crippen molar-refractivity contribution in [2.24, 2.45) is 0 Å². The fourth-order valence-corrected chi connectivity index (χ4v) is 2.46. The SMILES string of the molecule is CCOCC(=O)N1CCCC(Oc2cc(C)nc(C)n2)C1. The van der Waals surface area contributed by atoms with Gasteiger partial charge in [-0.15, -0.1) is 0 Å². The predicted octanol–water partition coefficient (Wildman–Crippen LogP) is 1.50. The highest BCUT2D eigenvalue weighted by Crippen LogP contribution is 2.17. The summed E-state index contributed by atoms with van der Waals surface area (Å²) in [4.78, 5) is 22.3. The van der Waals surface area contributed by atoms with Crippen LogP contribution in [0.1, 0.15) is 31.3 Å². The molecule has 0 bridgehead atoms. The average Bonchev–Trinajstić information content (AvgIpc) is 2.44. The molecule has 1 unspecified atom stereocenters. The number of carbonyl (C=O) groups excluding carboxylic acids is 1. The van der Waals surface area contributed by atoms with Gasteiger partial charge in [0.1, 0.15) is 18.5 Å². The number of rotatable bonds is 5. The molecule has 0 spiro atoms. The van der Waals surface area contributed by atoms with E-state index in [2.05, 4.69) is 9.97 Å². The normalized spacial score (nSPS) is 18.6. The van der Waals surface area contributed by atoms with E-state index in [1.165, 1.54) is 0 Å². The summed E-state index contributed by atoms with van der Waals surface area (Å²) in [6.07, 6.45) is 1.85.